The Bertz CT molecular complexity index is 1250. The Hall–Kier alpha value is -3.73. The average Bonchev–Trinajstić information content (AvgIpc) is 2.74. The van der Waals surface area contributed by atoms with Crippen molar-refractivity contribution in [2.45, 2.75) is 20.4 Å². The molecule has 0 aliphatic heterocycles. The van der Waals surface area contributed by atoms with Gasteiger partial charge in [-0.15, -0.1) is 0 Å². The van der Waals surface area contributed by atoms with Crippen LogP contribution in [0.2, 0.25) is 0 Å². The van der Waals surface area contributed by atoms with E-state index in [9.17, 15) is 9.59 Å². The molecule has 0 unspecified atom stereocenters. The minimum atomic E-state index is -0.194. The fourth-order valence-electron chi connectivity index (χ4n) is 3.30. The lowest BCUT2D eigenvalue weighted by atomic mass is 10.1. The number of nitrogens with zero attached hydrogens (tertiary/aromatic N) is 2. The van der Waals surface area contributed by atoms with Crippen molar-refractivity contribution in [1.29, 1.82) is 0 Å². The summed E-state index contributed by atoms with van der Waals surface area (Å²) in [4.78, 5) is 34.5. The van der Waals surface area contributed by atoms with Crippen molar-refractivity contribution in [3.05, 3.63) is 106 Å². The zero-order valence-corrected chi connectivity index (χ0v) is 16.3. The summed E-state index contributed by atoms with van der Waals surface area (Å²) in [6, 6.07) is 18.7. The van der Waals surface area contributed by atoms with Crippen molar-refractivity contribution in [2.75, 3.05) is 4.90 Å². The first-order valence-electron chi connectivity index (χ1n) is 9.43. The van der Waals surface area contributed by atoms with Crippen molar-refractivity contribution in [2.24, 2.45) is 0 Å². The molecule has 29 heavy (non-hydrogen) atoms. The maximum absolute atomic E-state index is 13.3. The second-order valence-electron chi connectivity index (χ2n) is 7.11. The van der Waals surface area contributed by atoms with E-state index >= 15 is 0 Å². The summed E-state index contributed by atoms with van der Waals surface area (Å²) in [5.41, 5.74) is 4.62. The van der Waals surface area contributed by atoms with E-state index in [1.165, 1.54) is 0 Å². The maximum Gasteiger partial charge on any atom is 0.258 e. The van der Waals surface area contributed by atoms with Crippen LogP contribution in [0, 0.1) is 13.8 Å². The van der Waals surface area contributed by atoms with Crippen LogP contribution in [0.5, 0.6) is 0 Å². The molecule has 2 aromatic carbocycles. The number of aromatic nitrogens is 2. The van der Waals surface area contributed by atoms with Crippen LogP contribution in [-0.2, 0) is 6.54 Å². The molecular formula is C24H21N3O2. The van der Waals surface area contributed by atoms with Gasteiger partial charge in [0.2, 0.25) is 0 Å². The standard InChI is InChI=1S/C24H21N3O2/c1-16-7-8-21(13-17(16)2)27(24(29)18-9-11-25-12-10-18)15-20-14-19-5-3-4-6-22(19)26-23(20)28/h3-14H,15H2,1-2H3,(H,26,28). The van der Waals surface area contributed by atoms with Crippen LogP contribution >= 0.6 is 0 Å². The Labute approximate surface area is 168 Å². The molecule has 0 radical (unpaired) electrons. The molecule has 0 fully saturated rings. The molecule has 0 spiro atoms. The van der Waals surface area contributed by atoms with Crippen LogP contribution in [0.4, 0.5) is 5.69 Å². The first-order chi connectivity index (χ1) is 14.0. The largest absolute Gasteiger partial charge is 0.322 e. The zero-order valence-electron chi connectivity index (χ0n) is 16.3. The van der Waals surface area contributed by atoms with Gasteiger partial charge in [-0.05, 0) is 66.8 Å². The first kappa shape index (κ1) is 18.6. The molecule has 0 aliphatic rings. The summed E-state index contributed by atoms with van der Waals surface area (Å²) in [7, 11) is 0. The van der Waals surface area contributed by atoms with E-state index in [0.29, 0.717) is 11.1 Å². The van der Waals surface area contributed by atoms with Crippen LogP contribution in [0.1, 0.15) is 27.0 Å². The molecule has 0 bridgehead atoms. The number of carbonyl (C=O) groups excluding carboxylic acids is 1. The van der Waals surface area contributed by atoms with Crippen molar-refractivity contribution < 1.29 is 4.79 Å². The van der Waals surface area contributed by atoms with Gasteiger partial charge in [0.25, 0.3) is 11.5 Å². The van der Waals surface area contributed by atoms with Gasteiger partial charge >= 0.3 is 0 Å². The Morgan fingerprint density at radius 3 is 2.48 bits per heavy atom. The molecule has 0 atom stereocenters. The van der Waals surface area contributed by atoms with Gasteiger partial charge in [0.05, 0.1) is 6.54 Å². The zero-order chi connectivity index (χ0) is 20.4. The van der Waals surface area contributed by atoms with E-state index in [1.54, 1.807) is 29.4 Å². The topological polar surface area (TPSA) is 66.1 Å². The first-order valence-corrected chi connectivity index (χ1v) is 9.43. The molecule has 1 amide bonds. The van der Waals surface area contributed by atoms with Crippen LogP contribution < -0.4 is 10.5 Å². The summed E-state index contributed by atoms with van der Waals surface area (Å²) >= 11 is 0. The number of carbonyl (C=O) groups is 1. The molecule has 0 saturated heterocycles. The van der Waals surface area contributed by atoms with E-state index in [-0.39, 0.29) is 18.0 Å². The molecule has 4 aromatic rings. The van der Waals surface area contributed by atoms with Gasteiger partial charge in [-0.3, -0.25) is 14.6 Å². The Balaban J connectivity index is 1.80. The molecule has 4 rings (SSSR count). The Morgan fingerprint density at radius 1 is 0.966 bits per heavy atom. The van der Waals surface area contributed by atoms with E-state index in [1.807, 2.05) is 62.4 Å². The van der Waals surface area contributed by atoms with Crippen molar-refractivity contribution in [3.63, 3.8) is 0 Å². The third-order valence-electron chi connectivity index (χ3n) is 5.13. The number of benzene rings is 2. The van der Waals surface area contributed by atoms with Crippen molar-refractivity contribution >= 4 is 22.5 Å². The number of nitrogens with one attached hydrogen (secondary N) is 1. The maximum atomic E-state index is 13.3. The third kappa shape index (κ3) is 3.80. The second kappa shape index (κ2) is 7.72. The van der Waals surface area contributed by atoms with Crippen LogP contribution in [0.25, 0.3) is 10.9 Å². The summed E-state index contributed by atoms with van der Waals surface area (Å²) in [6.07, 6.45) is 3.18. The van der Waals surface area contributed by atoms with E-state index < -0.39 is 0 Å². The predicted molar refractivity (Wildman–Crippen MR) is 115 cm³/mol. The molecule has 5 nitrogen and oxygen atoms in total. The molecule has 1 N–H and O–H groups in total. The highest BCUT2D eigenvalue weighted by Gasteiger charge is 2.20. The monoisotopic (exact) mass is 383 g/mol. The minimum Gasteiger partial charge on any atom is -0.322 e. The number of aryl methyl sites for hydroxylation is 2. The minimum absolute atomic E-state index is 0.170. The average molecular weight is 383 g/mol. The van der Waals surface area contributed by atoms with Crippen LogP contribution in [0.15, 0.2) is 77.9 Å². The lowest BCUT2D eigenvalue weighted by molar-refractivity contribution is 0.0985. The van der Waals surface area contributed by atoms with Gasteiger partial charge < -0.3 is 9.88 Å². The quantitative estimate of drug-likeness (QED) is 0.568. The molecule has 0 saturated carbocycles. The van der Waals surface area contributed by atoms with Crippen LogP contribution in [0.3, 0.4) is 0 Å². The Morgan fingerprint density at radius 2 is 1.72 bits per heavy atom. The number of H-pyrrole nitrogens is 1. The van der Waals surface area contributed by atoms with Gasteiger partial charge in [0.1, 0.15) is 0 Å². The molecular weight excluding hydrogens is 362 g/mol. The Kier molecular flexibility index (Phi) is 4.96. The molecule has 2 heterocycles. The normalized spacial score (nSPS) is 10.8. The van der Waals surface area contributed by atoms with Crippen molar-refractivity contribution in [3.8, 4) is 0 Å². The fraction of sp³-hybridized carbons (Fsp3) is 0.125. The van der Waals surface area contributed by atoms with Gasteiger partial charge in [-0.2, -0.15) is 0 Å². The van der Waals surface area contributed by atoms with Gasteiger partial charge in [0.15, 0.2) is 0 Å². The SMILES string of the molecule is Cc1ccc(N(Cc2cc3ccccc3[nH]c2=O)C(=O)c2ccncc2)cc1C. The van der Waals surface area contributed by atoms with Gasteiger partial charge in [-0.1, -0.05) is 24.3 Å². The highest BCUT2D eigenvalue weighted by Crippen LogP contribution is 2.23. The smallest absolute Gasteiger partial charge is 0.258 e. The lowest BCUT2D eigenvalue weighted by Crippen LogP contribution is -2.33. The van der Waals surface area contributed by atoms with E-state index in [4.69, 9.17) is 0 Å². The number of rotatable bonds is 4. The molecule has 2 aromatic heterocycles. The number of pyridine rings is 2. The van der Waals surface area contributed by atoms with Crippen LogP contribution in [-0.4, -0.2) is 15.9 Å². The third-order valence-corrected chi connectivity index (χ3v) is 5.13. The number of amides is 1. The predicted octanol–water partition coefficient (Wildman–Crippen LogP) is 4.39. The second-order valence-corrected chi connectivity index (χ2v) is 7.11. The number of fused-ring (bicyclic) bond motifs is 1. The number of hydrogen-bond donors (Lipinski definition) is 1. The van der Waals surface area contributed by atoms with E-state index in [2.05, 4.69) is 9.97 Å². The highest BCUT2D eigenvalue weighted by molar-refractivity contribution is 6.06. The molecule has 0 aliphatic carbocycles. The summed E-state index contributed by atoms with van der Waals surface area (Å²) in [5.74, 6) is -0.178. The van der Waals surface area contributed by atoms with E-state index in [0.717, 1.165) is 27.7 Å². The summed E-state index contributed by atoms with van der Waals surface area (Å²) in [6.45, 7) is 4.21. The van der Waals surface area contributed by atoms with Gasteiger partial charge in [0, 0.05) is 34.7 Å². The molecule has 5 heteroatoms. The number of para-hydroxylation sites is 1. The molecule has 144 valence electrons. The number of aromatic amines is 1. The van der Waals surface area contributed by atoms with Crippen molar-refractivity contribution in [1.82, 2.24) is 9.97 Å². The number of anilines is 1. The number of hydrogen-bond acceptors (Lipinski definition) is 3. The summed E-state index contributed by atoms with van der Waals surface area (Å²) < 4.78 is 0. The fourth-order valence-corrected chi connectivity index (χ4v) is 3.30. The highest BCUT2D eigenvalue weighted by atomic mass is 16.2. The van der Waals surface area contributed by atoms with Gasteiger partial charge in [-0.25, -0.2) is 0 Å². The summed E-state index contributed by atoms with van der Waals surface area (Å²) in [5, 5.41) is 0.929. The lowest BCUT2D eigenvalue weighted by Gasteiger charge is -2.24.